The number of benzene rings is 1. The van der Waals surface area contributed by atoms with Crippen LogP contribution in [0.15, 0.2) is 34.9 Å². The molecule has 2 amide bonds. The summed E-state index contributed by atoms with van der Waals surface area (Å²) >= 11 is 0. The molecule has 1 saturated heterocycles. The Balaban J connectivity index is 1.56. The number of carbonyl (C=O) groups is 2. The number of aromatic nitrogens is 1. The number of hydrogen-bond acceptors (Lipinski definition) is 5. The van der Waals surface area contributed by atoms with Crippen molar-refractivity contribution in [1.29, 1.82) is 0 Å². The lowest BCUT2D eigenvalue weighted by molar-refractivity contribution is -0.131. The second-order valence-corrected chi connectivity index (χ2v) is 5.98. The van der Waals surface area contributed by atoms with Crippen molar-refractivity contribution in [2.75, 3.05) is 33.3 Å². The van der Waals surface area contributed by atoms with Gasteiger partial charge in [0.1, 0.15) is 11.5 Å². The van der Waals surface area contributed by atoms with Crippen LogP contribution in [0.3, 0.4) is 0 Å². The minimum Gasteiger partial charge on any atom is -0.496 e. The number of rotatable bonds is 4. The summed E-state index contributed by atoms with van der Waals surface area (Å²) in [6.07, 6.45) is 0.292. The van der Waals surface area contributed by atoms with Crippen LogP contribution >= 0.6 is 0 Å². The van der Waals surface area contributed by atoms with Gasteiger partial charge in [-0.2, -0.15) is 0 Å². The largest absolute Gasteiger partial charge is 0.496 e. The van der Waals surface area contributed by atoms with E-state index in [2.05, 4.69) is 5.16 Å². The van der Waals surface area contributed by atoms with E-state index in [4.69, 9.17) is 9.26 Å². The normalized spacial score (nSPS) is 14.5. The number of aryl methyl sites for hydroxylation is 1. The van der Waals surface area contributed by atoms with Crippen LogP contribution in [0.5, 0.6) is 5.75 Å². The third-order valence-corrected chi connectivity index (χ3v) is 4.30. The Morgan fingerprint density at radius 2 is 1.84 bits per heavy atom. The predicted octanol–water partition coefficient (Wildman–Crippen LogP) is 1.52. The van der Waals surface area contributed by atoms with Crippen LogP contribution < -0.4 is 4.74 Å². The van der Waals surface area contributed by atoms with E-state index < -0.39 is 0 Å². The Hall–Kier alpha value is -2.83. The van der Waals surface area contributed by atoms with Gasteiger partial charge in [0.05, 0.1) is 13.5 Å². The van der Waals surface area contributed by atoms with Gasteiger partial charge in [0, 0.05) is 37.8 Å². The highest BCUT2D eigenvalue weighted by Gasteiger charge is 2.26. The number of carbonyl (C=O) groups excluding carboxylic acids is 2. The van der Waals surface area contributed by atoms with E-state index in [-0.39, 0.29) is 11.8 Å². The zero-order chi connectivity index (χ0) is 17.8. The molecule has 25 heavy (non-hydrogen) atoms. The highest BCUT2D eigenvalue weighted by molar-refractivity contribution is 5.92. The number of hydrogen-bond donors (Lipinski definition) is 0. The van der Waals surface area contributed by atoms with Gasteiger partial charge < -0.3 is 19.1 Å². The first kappa shape index (κ1) is 17.0. The number of ether oxygens (including phenoxy) is 1. The van der Waals surface area contributed by atoms with E-state index in [1.165, 1.54) is 0 Å². The fourth-order valence-electron chi connectivity index (χ4n) is 2.91. The molecule has 0 saturated carbocycles. The summed E-state index contributed by atoms with van der Waals surface area (Å²) < 4.78 is 10.2. The quantitative estimate of drug-likeness (QED) is 0.841. The molecule has 7 heteroatoms. The Morgan fingerprint density at radius 3 is 2.48 bits per heavy atom. The summed E-state index contributed by atoms with van der Waals surface area (Å²) in [6, 6.07) is 9.13. The molecular weight excluding hydrogens is 322 g/mol. The summed E-state index contributed by atoms with van der Waals surface area (Å²) in [5.74, 6) is 1.20. The first-order valence-corrected chi connectivity index (χ1v) is 8.20. The topological polar surface area (TPSA) is 75.9 Å². The van der Waals surface area contributed by atoms with Crippen LogP contribution in [-0.4, -0.2) is 60.1 Å². The van der Waals surface area contributed by atoms with E-state index in [0.717, 1.165) is 5.56 Å². The summed E-state index contributed by atoms with van der Waals surface area (Å²) in [4.78, 5) is 28.4. The number of methoxy groups -OCH3 is 1. The van der Waals surface area contributed by atoms with Crippen molar-refractivity contribution in [3.05, 3.63) is 47.3 Å². The van der Waals surface area contributed by atoms with Gasteiger partial charge >= 0.3 is 0 Å². The van der Waals surface area contributed by atoms with Crippen LogP contribution in [0.2, 0.25) is 0 Å². The van der Waals surface area contributed by atoms with Gasteiger partial charge in [-0.25, -0.2) is 0 Å². The maximum absolute atomic E-state index is 12.5. The molecule has 0 radical (unpaired) electrons. The van der Waals surface area contributed by atoms with E-state index in [9.17, 15) is 9.59 Å². The third-order valence-electron chi connectivity index (χ3n) is 4.30. The smallest absolute Gasteiger partial charge is 0.276 e. The van der Waals surface area contributed by atoms with Gasteiger partial charge in [-0.1, -0.05) is 23.4 Å². The van der Waals surface area contributed by atoms with Gasteiger partial charge in [0.25, 0.3) is 5.91 Å². The number of amides is 2. The zero-order valence-corrected chi connectivity index (χ0v) is 14.4. The SMILES string of the molecule is COc1ccccc1CC(=O)N1CCN(C(=O)c2cc(C)on2)CC1. The van der Waals surface area contributed by atoms with Crippen molar-refractivity contribution >= 4 is 11.8 Å². The summed E-state index contributed by atoms with van der Waals surface area (Å²) in [6.45, 7) is 3.75. The lowest BCUT2D eigenvalue weighted by Gasteiger charge is -2.34. The molecule has 0 atom stereocenters. The fourth-order valence-corrected chi connectivity index (χ4v) is 2.91. The minimum absolute atomic E-state index is 0.0360. The fraction of sp³-hybridized carbons (Fsp3) is 0.389. The van der Waals surface area contributed by atoms with Gasteiger partial charge in [-0.15, -0.1) is 0 Å². The molecule has 1 aromatic heterocycles. The number of piperazine rings is 1. The Labute approximate surface area is 146 Å². The van der Waals surface area contributed by atoms with Crippen LogP contribution in [0, 0.1) is 6.92 Å². The van der Waals surface area contributed by atoms with E-state index in [1.54, 1.807) is 29.9 Å². The molecule has 0 N–H and O–H groups in total. The maximum atomic E-state index is 12.5. The van der Waals surface area contributed by atoms with Crippen LogP contribution in [0.4, 0.5) is 0 Å². The standard InChI is InChI=1S/C18H21N3O4/c1-13-11-15(19-25-13)18(23)21-9-7-20(8-10-21)17(22)12-14-5-3-4-6-16(14)24-2/h3-6,11H,7-10,12H2,1-2H3. The molecule has 1 fully saturated rings. The average Bonchev–Trinajstić information content (AvgIpc) is 3.08. The first-order valence-electron chi connectivity index (χ1n) is 8.20. The molecule has 1 aromatic carbocycles. The van der Waals surface area contributed by atoms with E-state index in [1.807, 2.05) is 24.3 Å². The second-order valence-electron chi connectivity index (χ2n) is 5.98. The lowest BCUT2D eigenvalue weighted by atomic mass is 10.1. The lowest BCUT2D eigenvalue weighted by Crippen LogP contribution is -2.51. The molecular formula is C18H21N3O4. The zero-order valence-electron chi connectivity index (χ0n) is 14.4. The number of nitrogens with zero attached hydrogens (tertiary/aromatic N) is 3. The maximum Gasteiger partial charge on any atom is 0.276 e. The van der Waals surface area contributed by atoms with E-state index in [0.29, 0.717) is 49.8 Å². The summed E-state index contributed by atoms with van der Waals surface area (Å²) in [5.41, 5.74) is 1.18. The molecule has 7 nitrogen and oxygen atoms in total. The number of para-hydroxylation sites is 1. The van der Waals surface area contributed by atoms with E-state index >= 15 is 0 Å². The van der Waals surface area contributed by atoms with Crippen molar-refractivity contribution in [1.82, 2.24) is 15.0 Å². The Bertz CT molecular complexity index is 763. The average molecular weight is 343 g/mol. The molecule has 0 aliphatic carbocycles. The second kappa shape index (κ2) is 7.38. The van der Waals surface area contributed by atoms with Crippen molar-refractivity contribution in [2.45, 2.75) is 13.3 Å². The molecule has 2 heterocycles. The summed E-state index contributed by atoms with van der Waals surface area (Å²) in [7, 11) is 1.60. The van der Waals surface area contributed by atoms with Crippen molar-refractivity contribution < 1.29 is 18.8 Å². The minimum atomic E-state index is -0.159. The molecule has 0 unspecified atom stereocenters. The van der Waals surface area contributed by atoms with Crippen LogP contribution in [0.1, 0.15) is 21.8 Å². The molecule has 132 valence electrons. The first-order chi connectivity index (χ1) is 12.1. The molecule has 1 aliphatic heterocycles. The molecule has 3 rings (SSSR count). The van der Waals surface area contributed by atoms with Crippen LogP contribution in [0.25, 0.3) is 0 Å². The van der Waals surface area contributed by atoms with Gasteiger partial charge in [-0.3, -0.25) is 9.59 Å². The van der Waals surface area contributed by atoms with Gasteiger partial charge in [-0.05, 0) is 13.0 Å². The predicted molar refractivity (Wildman–Crippen MR) is 90.4 cm³/mol. The highest BCUT2D eigenvalue weighted by Crippen LogP contribution is 2.19. The monoisotopic (exact) mass is 343 g/mol. The Kier molecular flexibility index (Phi) is 5.02. The highest BCUT2D eigenvalue weighted by atomic mass is 16.5. The third kappa shape index (κ3) is 3.81. The molecule has 1 aliphatic rings. The Morgan fingerprint density at radius 1 is 1.16 bits per heavy atom. The molecule has 2 aromatic rings. The van der Waals surface area contributed by atoms with Crippen molar-refractivity contribution in [2.24, 2.45) is 0 Å². The molecule has 0 bridgehead atoms. The summed E-state index contributed by atoms with van der Waals surface area (Å²) in [5, 5.41) is 3.76. The van der Waals surface area contributed by atoms with Crippen LogP contribution in [-0.2, 0) is 11.2 Å². The van der Waals surface area contributed by atoms with Gasteiger partial charge in [0.2, 0.25) is 5.91 Å². The molecule has 0 spiro atoms. The van der Waals surface area contributed by atoms with Gasteiger partial charge in [0.15, 0.2) is 5.69 Å². The van der Waals surface area contributed by atoms with Crippen molar-refractivity contribution in [3.63, 3.8) is 0 Å². The van der Waals surface area contributed by atoms with Crippen molar-refractivity contribution in [3.8, 4) is 5.75 Å².